The number of amides is 1. The molecule has 5 rings (SSSR count). The van der Waals surface area contributed by atoms with E-state index in [1.54, 1.807) is 18.3 Å². The maximum absolute atomic E-state index is 13.0. The Morgan fingerprint density at radius 2 is 1.90 bits per heavy atom. The van der Waals surface area contributed by atoms with Gasteiger partial charge in [0.05, 0.1) is 30.5 Å². The molecule has 40 heavy (non-hydrogen) atoms. The molecule has 4 aromatic rings. The van der Waals surface area contributed by atoms with E-state index >= 15 is 0 Å². The van der Waals surface area contributed by atoms with Crippen molar-refractivity contribution in [3.63, 3.8) is 0 Å². The Morgan fingerprint density at radius 1 is 1.05 bits per heavy atom. The van der Waals surface area contributed by atoms with Crippen LogP contribution in [-0.2, 0) is 9.53 Å². The van der Waals surface area contributed by atoms with Crippen LogP contribution in [0.1, 0.15) is 51.4 Å². The number of carbonyl (C=O) groups excluding carboxylic acids is 2. The first-order valence-electron chi connectivity index (χ1n) is 13.1. The van der Waals surface area contributed by atoms with Crippen molar-refractivity contribution in [2.75, 3.05) is 19.0 Å². The molecule has 2 aromatic heterocycles. The van der Waals surface area contributed by atoms with Gasteiger partial charge in [0.15, 0.2) is 5.11 Å². The van der Waals surface area contributed by atoms with E-state index in [0.29, 0.717) is 17.2 Å². The molecular weight excluding hydrogens is 522 g/mol. The van der Waals surface area contributed by atoms with Gasteiger partial charge in [0, 0.05) is 42.4 Å². The number of nitrogens with zero attached hydrogens (tertiary/aromatic N) is 3. The number of pyridine rings is 1. The van der Waals surface area contributed by atoms with Crippen LogP contribution in [0.4, 0.5) is 5.69 Å². The van der Waals surface area contributed by atoms with Crippen molar-refractivity contribution in [1.82, 2.24) is 19.8 Å². The van der Waals surface area contributed by atoms with Gasteiger partial charge in [-0.05, 0) is 85.7 Å². The lowest BCUT2D eigenvalue weighted by Crippen LogP contribution is -2.33. The van der Waals surface area contributed by atoms with Crippen LogP contribution in [0.5, 0.6) is 0 Å². The summed E-state index contributed by atoms with van der Waals surface area (Å²) in [6.45, 7) is 4.39. The molecule has 1 saturated heterocycles. The predicted molar refractivity (Wildman–Crippen MR) is 158 cm³/mol. The number of thiocarbonyl (C=S) groups is 1. The molecule has 1 aliphatic heterocycles. The topological polar surface area (TPSA) is 88.5 Å². The number of benzene rings is 2. The molecule has 1 amide bonds. The third kappa shape index (κ3) is 5.60. The summed E-state index contributed by atoms with van der Waals surface area (Å²) in [4.78, 5) is 31.9. The number of methoxy groups -OCH3 is 1. The second kappa shape index (κ2) is 11.7. The molecule has 0 spiro atoms. The third-order valence-electron chi connectivity index (χ3n) is 7.07. The zero-order valence-electron chi connectivity index (χ0n) is 22.6. The number of rotatable bonds is 8. The Morgan fingerprint density at radius 3 is 2.67 bits per heavy atom. The molecular formula is C31H31N5O3S. The van der Waals surface area contributed by atoms with E-state index in [1.165, 1.54) is 7.11 Å². The molecule has 3 heterocycles. The van der Waals surface area contributed by atoms with Crippen molar-refractivity contribution in [2.24, 2.45) is 0 Å². The first-order valence-corrected chi connectivity index (χ1v) is 13.5. The minimum Gasteiger partial charge on any atom is -0.465 e. The Kier molecular flexibility index (Phi) is 7.93. The zero-order valence-corrected chi connectivity index (χ0v) is 23.4. The van der Waals surface area contributed by atoms with E-state index in [1.807, 2.05) is 90.2 Å². The van der Waals surface area contributed by atoms with Gasteiger partial charge >= 0.3 is 5.97 Å². The van der Waals surface area contributed by atoms with Crippen LogP contribution in [0.3, 0.4) is 0 Å². The van der Waals surface area contributed by atoms with Crippen LogP contribution in [0, 0.1) is 13.8 Å². The molecule has 1 fully saturated rings. The highest BCUT2D eigenvalue weighted by atomic mass is 32.1. The molecule has 2 atom stereocenters. The summed E-state index contributed by atoms with van der Waals surface area (Å²) in [5.74, 6) is -0.486. The lowest BCUT2D eigenvalue weighted by molar-refractivity contribution is -0.116. The van der Waals surface area contributed by atoms with Crippen molar-refractivity contribution < 1.29 is 14.3 Å². The van der Waals surface area contributed by atoms with Gasteiger partial charge in [-0.2, -0.15) is 0 Å². The van der Waals surface area contributed by atoms with Crippen LogP contribution in [0.2, 0.25) is 0 Å². The second-order valence-electron chi connectivity index (χ2n) is 9.78. The highest BCUT2D eigenvalue weighted by Crippen LogP contribution is 2.39. The molecule has 9 heteroatoms. The van der Waals surface area contributed by atoms with Gasteiger partial charge in [0.1, 0.15) is 0 Å². The monoisotopic (exact) mass is 553 g/mol. The number of hydrogen-bond donors (Lipinski definition) is 2. The summed E-state index contributed by atoms with van der Waals surface area (Å²) in [5, 5.41) is 7.05. The van der Waals surface area contributed by atoms with Gasteiger partial charge in [0.2, 0.25) is 5.91 Å². The minimum atomic E-state index is -0.401. The molecule has 0 aliphatic carbocycles. The van der Waals surface area contributed by atoms with Crippen molar-refractivity contribution in [2.45, 2.75) is 32.4 Å². The van der Waals surface area contributed by atoms with E-state index in [4.69, 9.17) is 17.0 Å². The van der Waals surface area contributed by atoms with Crippen molar-refractivity contribution in [3.8, 4) is 5.69 Å². The number of aromatic nitrogens is 2. The van der Waals surface area contributed by atoms with E-state index in [2.05, 4.69) is 15.6 Å². The Balaban J connectivity index is 1.46. The smallest absolute Gasteiger partial charge is 0.337 e. The fourth-order valence-electron chi connectivity index (χ4n) is 5.04. The summed E-state index contributed by atoms with van der Waals surface area (Å²) in [6, 6.07) is 22.6. The maximum Gasteiger partial charge on any atom is 0.337 e. The van der Waals surface area contributed by atoms with Crippen LogP contribution in [0.25, 0.3) is 5.69 Å². The number of carbonyl (C=O) groups is 2. The molecule has 0 bridgehead atoms. The normalized spacial score (nSPS) is 16.5. The molecule has 0 saturated carbocycles. The van der Waals surface area contributed by atoms with Crippen molar-refractivity contribution in [3.05, 3.63) is 113 Å². The first-order chi connectivity index (χ1) is 19.4. The number of anilines is 1. The summed E-state index contributed by atoms with van der Waals surface area (Å²) >= 11 is 5.80. The lowest BCUT2D eigenvalue weighted by atomic mass is 10.0. The van der Waals surface area contributed by atoms with Crippen LogP contribution in [0.15, 0.2) is 85.2 Å². The SMILES string of the molecule is COC(=O)c1cccc(-n2cccc2[C@H]2[C@@H](c3ccccn3)NC(=S)N2CCC(=O)Nc2cc(C)ccc2C)c1. The summed E-state index contributed by atoms with van der Waals surface area (Å²) in [6.07, 6.45) is 3.96. The molecule has 8 nitrogen and oxygen atoms in total. The molecule has 2 aromatic carbocycles. The third-order valence-corrected chi connectivity index (χ3v) is 7.43. The average molecular weight is 554 g/mol. The number of esters is 1. The average Bonchev–Trinajstić information content (AvgIpc) is 3.58. The zero-order chi connectivity index (χ0) is 28.2. The lowest BCUT2D eigenvalue weighted by Gasteiger charge is -2.29. The summed E-state index contributed by atoms with van der Waals surface area (Å²) < 4.78 is 6.96. The van der Waals surface area contributed by atoms with Gasteiger partial charge in [-0.1, -0.05) is 24.3 Å². The van der Waals surface area contributed by atoms with Crippen molar-refractivity contribution >= 4 is 34.9 Å². The Labute approximate surface area is 239 Å². The molecule has 204 valence electrons. The predicted octanol–water partition coefficient (Wildman–Crippen LogP) is 5.28. The highest BCUT2D eigenvalue weighted by molar-refractivity contribution is 7.80. The number of hydrogen-bond acceptors (Lipinski definition) is 5. The van der Waals surface area contributed by atoms with Crippen LogP contribution >= 0.6 is 12.2 Å². The second-order valence-corrected chi connectivity index (χ2v) is 10.2. The standard InChI is InChI=1S/C31H31N5O3S/c1-20-12-13-21(2)25(18-20)33-27(37)14-17-36-29(28(34-31(36)40)24-10-4-5-15-32-24)26-11-7-16-35(26)23-9-6-8-22(19-23)30(38)39-3/h4-13,15-16,18-19,28-29H,14,17H2,1-3H3,(H,33,37)(H,34,40)/t28-,29+/m1/s1. The van der Waals surface area contributed by atoms with E-state index in [-0.39, 0.29) is 24.4 Å². The maximum atomic E-state index is 13.0. The minimum absolute atomic E-state index is 0.0855. The molecule has 1 aliphatic rings. The van der Waals surface area contributed by atoms with Crippen LogP contribution in [-0.4, -0.2) is 45.1 Å². The number of nitrogens with one attached hydrogen (secondary N) is 2. The number of ether oxygens (including phenoxy) is 1. The summed E-state index contributed by atoms with van der Waals surface area (Å²) in [7, 11) is 1.37. The number of aryl methyl sites for hydroxylation is 2. The molecule has 2 N–H and O–H groups in total. The van der Waals surface area contributed by atoms with E-state index in [0.717, 1.165) is 33.9 Å². The Bertz CT molecular complexity index is 1550. The highest BCUT2D eigenvalue weighted by Gasteiger charge is 2.41. The fraction of sp³-hybridized carbons (Fsp3) is 0.226. The van der Waals surface area contributed by atoms with E-state index < -0.39 is 5.97 Å². The van der Waals surface area contributed by atoms with Gasteiger partial charge in [-0.15, -0.1) is 0 Å². The van der Waals surface area contributed by atoms with Gasteiger partial charge in [0.25, 0.3) is 0 Å². The quantitative estimate of drug-likeness (QED) is 0.227. The van der Waals surface area contributed by atoms with Gasteiger partial charge in [-0.3, -0.25) is 9.78 Å². The van der Waals surface area contributed by atoms with E-state index in [9.17, 15) is 9.59 Å². The van der Waals surface area contributed by atoms with Crippen molar-refractivity contribution in [1.29, 1.82) is 0 Å². The molecule has 0 radical (unpaired) electrons. The first kappa shape index (κ1) is 27.1. The Hall–Kier alpha value is -4.50. The largest absolute Gasteiger partial charge is 0.465 e. The van der Waals surface area contributed by atoms with Gasteiger partial charge < -0.3 is 24.8 Å². The molecule has 0 unspecified atom stereocenters. The summed E-state index contributed by atoms with van der Waals surface area (Å²) in [5.41, 5.74) is 5.97. The van der Waals surface area contributed by atoms with Crippen LogP contribution < -0.4 is 10.6 Å². The van der Waals surface area contributed by atoms with Gasteiger partial charge in [-0.25, -0.2) is 4.79 Å². The fourth-order valence-corrected chi connectivity index (χ4v) is 5.38.